The van der Waals surface area contributed by atoms with Crippen molar-refractivity contribution in [2.75, 3.05) is 13.2 Å². The van der Waals surface area contributed by atoms with Crippen LogP contribution in [-0.2, 0) is 23.9 Å². The quantitative estimate of drug-likeness (QED) is 0.549. The Morgan fingerprint density at radius 1 is 1.04 bits per heavy atom. The summed E-state index contributed by atoms with van der Waals surface area (Å²) in [6.07, 6.45) is 2.94. The Bertz CT molecular complexity index is 616. The third kappa shape index (κ3) is 4.71. The van der Waals surface area contributed by atoms with Gasteiger partial charge in [0.15, 0.2) is 5.92 Å². The van der Waals surface area contributed by atoms with Crippen molar-refractivity contribution in [1.82, 2.24) is 0 Å². The van der Waals surface area contributed by atoms with E-state index in [4.69, 9.17) is 9.47 Å². The molecule has 0 unspecified atom stereocenters. The molecule has 0 saturated heterocycles. The van der Waals surface area contributed by atoms with E-state index in [0.29, 0.717) is 12.8 Å². The summed E-state index contributed by atoms with van der Waals surface area (Å²) < 4.78 is 10.3. The summed E-state index contributed by atoms with van der Waals surface area (Å²) >= 11 is 0. The molecule has 2 rings (SSSR count). The molecule has 5 heteroatoms. The van der Waals surface area contributed by atoms with E-state index in [0.717, 1.165) is 24.0 Å². The minimum atomic E-state index is -1.12. The Morgan fingerprint density at radius 3 is 2.12 bits per heavy atom. The number of benzene rings is 1. The van der Waals surface area contributed by atoms with Crippen molar-refractivity contribution >= 4 is 17.7 Å². The Balaban J connectivity index is 2.49. The third-order valence-electron chi connectivity index (χ3n) is 4.94. The molecule has 0 N–H and O–H groups in total. The summed E-state index contributed by atoms with van der Waals surface area (Å²) in [6.45, 7) is 5.72. The molecule has 1 saturated carbocycles. The van der Waals surface area contributed by atoms with Crippen LogP contribution >= 0.6 is 0 Å². The first-order valence-electron chi connectivity index (χ1n) is 9.42. The van der Waals surface area contributed by atoms with Crippen LogP contribution in [0.4, 0.5) is 0 Å². The minimum Gasteiger partial charge on any atom is -0.465 e. The number of esters is 2. The standard InChI is InChI=1S/C21H28O5/c1-4-25-20(23)19(21(24)26-5-2)18(15-12-10-14(3)11-13-15)16-8-6-7-9-17(16)22/h10-13,16,18-19H,4-9H2,1-3H3/t16-,18+/m1/s1. The number of carbonyl (C=O) groups excluding carboxylic acids is 3. The largest absolute Gasteiger partial charge is 0.465 e. The second-order valence-electron chi connectivity index (χ2n) is 6.74. The lowest BCUT2D eigenvalue weighted by Crippen LogP contribution is -2.39. The van der Waals surface area contributed by atoms with Crippen LogP contribution in [-0.4, -0.2) is 30.9 Å². The minimum absolute atomic E-state index is 0.112. The molecule has 0 heterocycles. The van der Waals surface area contributed by atoms with Gasteiger partial charge in [-0.05, 0) is 39.2 Å². The number of hydrogen-bond acceptors (Lipinski definition) is 5. The molecule has 0 spiro atoms. The van der Waals surface area contributed by atoms with Crippen molar-refractivity contribution in [2.24, 2.45) is 11.8 Å². The predicted octanol–water partition coefficient (Wildman–Crippen LogP) is 3.58. The molecule has 1 aromatic rings. The van der Waals surface area contributed by atoms with Crippen molar-refractivity contribution in [3.05, 3.63) is 35.4 Å². The maximum absolute atomic E-state index is 12.7. The molecule has 142 valence electrons. The highest BCUT2D eigenvalue weighted by Gasteiger charge is 2.45. The van der Waals surface area contributed by atoms with Crippen LogP contribution in [0.15, 0.2) is 24.3 Å². The van der Waals surface area contributed by atoms with Gasteiger partial charge in [0.1, 0.15) is 5.78 Å². The lowest BCUT2D eigenvalue weighted by molar-refractivity contribution is -0.163. The molecule has 5 nitrogen and oxygen atoms in total. The van der Waals surface area contributed by atoms with Crippen LogP contribution in [0.5, 0.6) is 0 Å². The first-order valence-corrected chi connectivity index (χ1v) is 9.42. The summed E-state index contributed by atoms with van der Waals surface area (Å²) in [6, 6.07) is 7.66. The number of rotatable bonds is 7. The lowest BCUT2D eigenvalue weighted by Gasteiger charge is -2.33. The zero-order valence-corrected chi connectivity index (χ0v) is 15.8. The first-order chi connectivity index (χ1) is 12.5. The summed E-state index contributed by atoms with van der Waals surface area (Å²) in [4.78, 5) is 37.9. The van der Waals surface area contributed by atoms with E-state index in [-0.39, 0.29) is 24.9 Å². The zero-order valence-electron chi connectivity index (χ0n) is 15.8. The average molecular weight is 360 g/mol. The predicted molar refractivity (Wildman–Crippen MR) is 97.6 cm³/mol. The summed E-state index contributed by atoms with van der Waals surface area (Å²) in [5.74, 6) is -3.17. The van der Waals surface area contributed by atoms with Gasteiger partial charge in [-0.2, -0.15) is 0 Å². The van der Waals surface area contributed by atoms with Crippen LogP contribution in [0, 0.1) is 18.8 Å². The smallest absolute Gasteiger partial charge is 0.320 e. The fourth-order valence-corrected chi connectivity index (χ4v) is 3.69. The Hall–Kier alpha value is -2.17. The molecule has 0 radical (unpaired) electrons. The SMILES string of the molecule is CCOC(=O)C(C(=O)OCC)[C@@H](c1ccc(C)cc1)[C@@H]1CCCCC1=O. The van der Waals surface area contributed by atoms with E-state index in [1.165, 1.54) is 0 Å². The fraction of sp³-hybridized carbons (Fsp3) is 0.571. The van der Waals surface area contributed by atoms with Gasteiger partial charge in [0.25, 0.3) is 0 Å². The molecule has 0 aliphatic heterocycles. The van der Waals surface area contributed by atoms with Crippen LogP contribution < -0.4 is 0 Å². The molecule has 1 aromatic carbocycles. The summed E-state index contributed by atoms with van der Waals surface area (Å²) in [5, 5.41) is 0. The van der Waals surface area contributed by atoms with Gasteiger partial charge in [0, 0.05) is 18.3 Å². The molecule has 1 fully saturated rings. The molecule has 0 aromatic heterocycles. The number of hydrogen-bond donors (Lipinski definition) is 0. The van der Waals surface area contributed by atoms with Crippen molar-refractivity contribution in [1.29, 1.82) is 0 Å². The summed E-state index contributed by atoms with van der Waals surface area (Å²) in [7, 11) is 0. The monoisotopic (exact) mass is 360 g/mol. The van der Waals surface area contributed by atoms with Gasteiger partial charge in [0.05, 0.1) is 13.2 Å². The Morgan fingerprint density at radius 2 is 1.62 bits per heavy atom. The molecule has 2 atom stereocenters. The molecular weight excluding hydrogens is 332 g/mol. The van der Waals surface area contributed by atoms with E-state index in [9.17, 15) is 14.4 Å². The fourth-order valence-electron chi connectivity index (χ4n) is 3.69. The van der Waals surface area contributed by atoms with Crippen molar-refractivity contribution in [3.8, 4) is 0 Å². The first kappa shape index (κ1) is 20.1. The normalized spacial score (nSPS) is 18.5. The number of ether oxygens (including phenoxy) is 2. The van der Waals surface area contributed by atoms with Crippen LogP contribution in [0.1, 0.15) is 56.6 Å². The van der Waals surface area contributed by atoms with Crippen LogP contribution in [0.25, 0.3) is 0 Å². The highest BCUT2D eigenvalue weighted by molar-refractivity contribution is 5.97. The van der Waals surface area contributed by atoms with Crippen molar-refractivity contribution in [2.45, 2.75) is 52.4 Å². The van der Waals surface area contributed by atoms with Crippen LogP contribution in [0.3, 0.4) is 0 Å². The van der Waals surface area contributed by atoms with E-state index in [2.05, 4.69) is 0 Å². The number of carbonyl (C=O) groups is 3. The second-order valence-corrected chi connectivity index (χ2v) is 6.74. The highest BCUT2D eigenvalue weighted by Crippen LogP contribution is 2.40. The van der Waals surface area contributed by atoms with E-state index < -0.39 is 23.8 Å². The van der Waals surface area contributed by atoms with E-state index >= 15 is 0 Å². The van der Waals surface area contributed by atoms with Gasteiger partial charge < -0.3 is 9.47 Å². The summed E-state index contributed by atoms with van der Waals surface area (Å²) in [5.41, 5.74) is 1.88. The number of ketones is 1. The van der Waals surface area contributed by atoms with Gasteiger partial charge >= 0.3 is 11.9 Å². The van der Waals surface area contributed by atoms with Gasteiger partial charge in [0.2, 0.25) is 0 Å². The van der Waals surface area contributed by atoms with E-state index in [1.807, 2.05) is 31.2 Å². The highest BCUT2D eigenvalue weighted by atomic mass is 16.6. The topological polar surface area (TPSA) is 69.7 Å². The zero-order chi connectivity index (χ0) is 19.1. The molecule has 1 aliphatic carbocycles. The molecular formula is C21H28O5. The second kappa shape index (κ2) is 9.51. The average Bonchev–Trinajstić information content (AvgIpc) is 2.61. The number of aryl methyl sites for hydroxylation is 1. The van der Waals surface area contributed by atoms with Gasteiger partial charge in [-0.25, -0.2) is 0 Å². The third-order valence-corrected chi connectivity index (χ3v) is 4.94. The van der Waals surface area contributed by atoms with E-state index in [1.54, 1.807) is 13.8 Å². The van der Waals surface area contributed by atoms with Gasteiger partial charge in [-0.1, -0.05) is 36.2 Å². The van der Waals surface area contributed by atoms with Crippen LogP contribution in [0.2, 0.25) is 0 Å². The molecule has 0 amide bonds. The maximum atomic E-state index is 12.7. The molecule has 0 bridgehead atoms. The molecule has 1 aliphatic rings. The maximum Gasteiger partial charge on any atom is 0.320 e. The number of Topliss-reactive ketones (excluding diaryl/α,β-unsaturated/α-hetero) is 1. The Kier molecular flexibility index (Phi) is 7.37. The van der Waals surface area contributed by atoms with Gasteiger partial charge in [-0.15, -0.1) is 0 Å². The van der Waals surface area contributed by atoms with Crippen molar-refractivity contribution in [3.63, 3.8) is 0 Å². The lowest BCUT2D eigenvalue weighted by atomic mass is 9.70. The van der Waals surface area contributed by atoms with Gasteiger partial charge in [-0.3, -0.25) is 14.4 Å². The van der Waals surface area contributed by atoms with Crippen molar-refractivity contribution < 1.29 is 23.9 Å². The Labute approximate surface area is 155 Å². The molecule has 26 heavy (non-hydrogen) atoms.